The molecule has 4 aromatic carbocycles. The maximum Gasteiger partial charge on any atom is 0.131 e. The molecule has 0 spiro atoms. The van der Waals surface area contributed by atoms with Gasteiger partial charge in [-0.15, -0.1) is 0 Å². The predicted octanol–water partition coefficient (Wildman–Crippen LogP) is 10.6. The van der Waals surface area contributed by atoms with Crippen LogP contribution in [0.1, 0.15) is 71.2 Å². The highest BCUT2D eigenvalue weighted by atomic mass is 19.1. The number of hydrogen-bond acceptors (Lipinski definition) is 0. The molecule has 0 saturated heterocycles. The molecule has 0 aliphatic carbocycles. The first-order chi connectivity index (χ1) is 17.7. The Morgan fingerprint density at radius 2 is 0.946 bits per heavy atom. The lowest BCUT2D eigenvalue weighted by molar-refractivity contribution is 0.631. The Kier molecular flexibility index (Phi) is 8.02. The van der Waals surface area contributed by atoms with Crippen molar-refractivity contribution in [3.63, 3.8) is 0 Å². The summed E-state index contributed by atoms with van der Waals surface area (Å²) in [6.07, 6.45) is 4.47. The van der Waals surface area contributed by atoms with Crippen molar-refractivity contribution in [1.29, 1.82) is 0 Å². The van der Waals surface area contributed by atoms with Gasteiger partial charge < -0.3 is 0 Å². The van der Waals surface area contributed by atoms with Crippen LogP contribution in [-0.4, -0.2) is 0 Å². The summed E-state index contributed by atoms with van der Waals surface area (Å²) >= 11 is 0. The van der Waals surface area contributed by atoms with E-state index in [9.17, 15) is 0 Å². The van der Waals surface area contributed by atoms with Gasteiger partial charge in [-0.1, -0.05) is 75.2 Å². The molecule has 0 heterocycles. The van der Waals surface area contributed by atoms with E-state index in [1.165, 1.54) is 55.6 Å². The summed E-state index contributed by atoms with van der Waals surface area (Å²) in [4.78, 5) is 0. The highest BCUT2D eigenvalue weighted by Crippen LogP contribution is 2.36. The quantitative estimate of drug-likeness (QED) is 0.241. The van der Waals surface area contributed by atoms with Gasteiger partial charge in [0.2, 0.25) is 0 Å². The number of benzene rings is 4. The van der Waals surface area contributed by atoms with Crippen molar-refractivity contribution in [2.45, 2.75) is 81.1 Å². The van der Waals surface area contributed by atoms with Gasteiger partial charge in [0.1, 0.15) is 5.82 Å². The van der Waals surface area contributed by atoms with Crippen molar-refractivity contribution in [3.05, 3.63) is 105 Å². The van der Waals surface area contributed by atoms with Crippen molar-refractivity contribution in [3.8, 4) is 33.4 Å². The topological polar surface area (TPSA) is 0 Å². The fourth-order valence-electron chi connectivity index (χ4n) is 5.88. The van der Waals surface area contributed by atoms with E-state index >= 15 is 4.39 Å². The van der Waals surface area contributed by atoms with Gasteiger partial charge in [-0.05, 0) is 133 Å². The third-order valence-corrected chi connectivity index (χ3v) is 8.30. The van der Waals surface area contributed by atoms with Crippen molar-refractivity contribution in [2.24, 2.45) is 0 Å². The van der Waals surface area contributed by atoms with E-state index in [-0.39, 0.29) is 5.82 Å². The van der Waals surface area contributed by atoms with Crippen LogP contribution < -0.4 is 0 Å². The molecule has 0 fully saturated rings. The molecule has 4 aromatic rings. The second-order valence-electron chi connectivity index (χ2n) is 10.7. The van der Waals surface area contributed by atoms with E-state index in [1.54, 1.807) is 6.07 Å². The second kappa shape index (κ2) is 11.1. The lowest BCUT2D eigenvalue weighted by Crippen LogP contribution is -2.00. The van der Waals surface area contributed by atoms with E-state index in [0.29, 0.717) is 5.56 Å². The largest absolute Gasteiger partial charge is 0.206 e. The summed E-state index contributed by atoms with van der Waals surface area (Å²) in [5.41, 5.74) is 16.8. The minimum absolute atomic E-state index is 0.166. The predicted molar refractivity (Wildman–Crippen MR) is 159 cm³/mol. The van der Waals surface area contributed by atoms with Gasteiger partial charge in [0.15, 0.2) is 0 Å². The molecule has 0 aromatic heterocycles. The van der Waals surface area contributed by atoms with Crippen LogP contribution in [0.25, 0.3) is 33.4 Å². The lowest BCUT2D eigenvalue weighted by atomic mass is 9.87. The van der Waals surface area contributed by atoms with Crippen LogP contribution >= 0.6 is 0 Å². The van der Waals surface area contributed by atoms with E-state index in [4.69, 9.17) is 0 Å². The minimum atomic E-state index is -0.166. The first kappa shape index (κ1) is 26.9. The van der Waals surface area contributed by atoms with Crippen LogP contribution in [-0.2, 0) is 12.8 Å². The Morgan fingerprint density at radius 3 is 1.46 bits per heavy atom. The summed E-state index contributed by atoms with van der Waals surface area (Å²) in [6, 6.07) is 18.8. The molecule has 0 aliphatic heterocycles. The van der Waals surface area contributed by atoms with Crippen LogP contribution in [0.2, 0.25) is 0 Å². The minimum Gasteiger partial charge on any atom is -0.206 e. The molecule has 0 radical (unpaired) electrons. The maximum absolute atomic E-state index is 15.5. The van der Waals surface area contributed by atoms with Crippen molar-refractivity contribution in [2.75, 3.05) is 0 Å². The second-order valence-corrected chi connectivity index (χ2v) is 10.7. The molecule has 0 nitrogen and oxygen atoms in total. The summed E-state index contributed by atoms with van der Waals surface area (Å²) in [7, 11) is 0. The molecule has 192 valence electrons. The van der Waals surface area contributed by atoms with E-state index in [1.807, 2.05) is 6.07 Å². The molecule has 0 atom stereocenters. The zero-order chi connectivity index (χ0) is 26.9. The first-order valence-corrected chi connectivity index (χ1v) is 13.8. The Balaban J connectivity index is 1.67. The van der Waals surface area contributed by atoms with Crippen LogP contribution in [0.15, 0.2) is 54.6 Å². The van der Waals surface area contributed by atoms with Crippen LogP contribution in [0, 0.1) is 47.4 Å². The SMILES string of the molecule is CCCc1c(C)cc(-c2ccc(-c3ccc(-c4cc(C)c(CCC)c(C)c4C)c(F)c3)cc2)c(C)c1C. The van der Waals surface area contributed by atoms with Gasteiger partial charge in [-0.2, -0.15) is 0 Å². The molecule has 0 saturated carbocycles. The van der Waals surface area contributed by atoms with Gasteiger partial charge in [0.05, 0.1) is 0 Å². The molecule has 37 heavy (non-hydrogen) atoms. The van der Waals surface area contributed by atoms with Crippen molar-refractivity contribution in [1.82, 2.24) is 0 Å². The zero-order valence-corrected chi connectivity index (χ0v) is 23.9. The monoisotopic (exact) mass is 492 g/mol. The highest BCUT2D eigenvalue weighted by Gasteiger charge is 2.16. The van der Waals surface area contributed by atoms with Crippen LogP contribution in [0.5, 0.6) is 0 Å². The third kappa shape index (κ3) is 5.14. The van der Waals surface area contributed by atoms with Gasteiger partial charge in [-0.3, -0.25) is 0 Å². The highest BCUT2D eigenvalue weighted by molar-refractivity contribution is 5.77. The lowest BCUT2D eigenvalue weighted by Gasteiger charge is -2.18. The smallest absolute Gasteiger partial charge is 0.131 e. The Hall–Kier alpha value is -3.19. The standard InChI is InChI=1S/C36H41F/c1-9-11-31-22(3)19-34(26(7)24(31)5)29-15-13-28(14-16-29)30-17-18-33(36(37)21-30)35-20-23(4)32(12-10-2)25(6)27(35)8/h13-21H,9-12H2,1-8H3. The molecule has 1 heteroatoms. The number of rotatable bonds is 7. The summed E-state index contributed by atoms with van der Waals surface area (Å²) in [5.74, 6) is -0.166. The van der Waals surface area contributed by atoms with Crippen molar-refractivity contribution < 1.29 is 4.39 Å². The number of hydrogen-bond donors (Lipinski definition) is 0. The number of halogens is 1. The van der Waals surface area contributed by atoms with Gasteiger partial charge >= 0.3 is 0 Å². The Morgan fingerprint density at radius 1 is 0.486 bits per heavy atom. The fraction of sp³-hybridized carbons (Fsp3) is 0.333. The first-order valence-electron chi connectivity index (χ1n) is 13.8. The van der Waals surface area contributed by atoms with E-state index in [2.05, 4.69) is 97.9 Å². The van der Waals surface area contributed by atoms with Gasteiger partial charge in [0, 0.05) is 5.56 Å². The van der Waals surface area contributed by atoms with Crippen molar-refractivity contribution >= 4 is 0 Å². The van der Waals surface area contributed by atoms with Gasteiger partial charge in [-0.25, -0.2) is 4.39 Å². The van der Waals surface area contributed by atoms with E-state index < -0.39 is 0 Å². The third-order valence-electron chi connectivity index (χ3n) is 8.30. The molecule has 0 unspecified atom stereocenters. The Labute approximate surface area is 223 Å². The summed E-state index contributed by atoms with van der Waals surface area (Å²) in [6.45, 7) is 17.6. The molecule has 0 aliphatic rings. The van der Waals surface area contributed by atoms with E-state index in [0.717, 1.165) is 42.4 Å². The maximum atomic E-state index is 15.5. The summed E-state index contributed by atoms with van der Waals surface area (Å²) in [5, 5.41) is 0. The fourth-order valence-corrected chi connectivity index (χ4v) is 5.88. The molecule has 0 amide bonds. The van der Waals surface area contributed by atoms with Crippen LogP contribution in [0.4, 0.5) is 4.39 Å². The average molecular weight is 493 g/mol. The molecular weight excluding hydrogens is 451 g/mol. The number of aryl methyl sites for hydroxylation is 2. The molecular formula is C36H41F. The molecule has 0 N–H and O–H groups in total. The zero-order valence-electron chi connectivity index (χ0n) is 23.9. The summed E-state index contributed by atoms with van der Waals surface area (Å²) < 4.78 is 15.5. The van der Waals surface area contributed by atoms with Gasteiger partial charge in [0.25, 0.3) is 0 Å². The van der Waals surface area contributed by atoms with Crippen LogP contribution in [0.3, 0.4) is 0 Å². The normalized spacial score (nSPS) is 11.3. The molecule has 0 bridgehead atoms. The average Bonchev–Trinajstić information content (AvgIpc) is 2.89. The Bertz CT molecular complexity index is 1440. The molecule has 4 rings (SSSR count).